The molecule has 1 aliphatic rings. The minimum absolute atomic E-state index is 0.529. The molecule has 0 spiro atoms. The fourth-order valence-electron chi connectivity index (χ4n) is 2.23. The molecule has 1 aromatic heterocycles. The SMILES string of the molecule is CCc1nn(C)c(CN2CC(C)(O)C2)c1Cl. The zero-order chi connectivity index (χ0) is 11.9. The van der Waals surface area contributed by atoms with E-state index < -0.39 is 5.60 Å². The number of aliphatic hydroxyl groups is 1. The summed E-state index contributed by atoms with van der Waals surface area (Å²) in [4.78, 5) is 2.17. The number of hydrogen-bond acceptors (Lipinski definition) is 3. The maximum Gasteiger partial charge on any atom is 0.0872 e. The molecule has 0 bridgehead atoms. The third kappa shape index (κ3) is 2.10. The number of nitrogens with zero attached hydrogens (tertiary/aromatic N) is 3. The molecule has 0 aromatic carbocycles. The molecule has 1 fully saturated rings. The third-order valence-electron chi connectivity index (χ3n) is 3.00. The highest BCUT2D eigenvalue weighted by Crippen LogP contribution is 2.26. The van der Waals surface area contributed by atoms with E-state index in [9.17, 15) is 5.11 Å². The van der Waals surface area contributed by atoms with Gasteiger partial charge in [-0.25, -0.2) is 0 Å². The van der Waals surface area contributed by atoms with Gasteiger partial charge in [0.25, 0.3) is 0 Å². The van der Waals surface area contributed by atoms with Crippen molar-refractivity contribution in [1.82, 2.24) is 14.7 Å². The first-order valence-corrected chi connectivity index (χ1v) is 5.95. The van der Waals surface area contributed by atoms with Crippen LogP contribution < -0.4 is 0 Å². The van der Waals surface area contributed by atoms with Crippen molar-refractivity contribution in [3.63, 3.8) is 0 Å². The second-order valence-corrected chi connectivity index (χ2v) is 5.20. The molecule has 2 rings (SSSR count). The molecule has 1 saturated heterocycles. The van der Waals surface area contributed by atoms with E-state index in [1.54, 1.807) is 0 Å². The molecule has 0 saturated carbocycles. The highest BCUT2D eigenvalue weighted by molar-refractivity contribution is 6.31. The number of aromatic nitrogens is 2. The van der Waals surface area contributed by atoms with Gasteiger partial charge in [0.15, 0.2) is 0 Å². The first-order chi connectivity index (χ1) is 7.43. The van der Waals surface area contributed by atoms with Crippen molar-refractivity contribution in [3.8, 4) is 0 Å². The third-order valence-corrected chi connectivity index (χ3v) is 3.44. The Morgan fingerprint density at radius 2 is 2.12 bits per heavy atom. The van der Waals surface area contributed by atoms with Gasteiger partial charge in [0.1, 0.15) is 0 Å². The van der Waals surface area contributed by atoms with E-state index in [0.717, 1.165) is 29.4 Å². The molecule has 90 valence electrons. The molecule has 2 heterocycles. The monoisotopic (exact) mass is 243 g/mol. The van der Waals surface area contributed by atoms with Gasteiger partial charge in [0, 0.05) is 26.7 Å². The van der Waals surface area contributed by atoms with E-state index in [1.807, 2.05) is 25.6 Å². The normalized spacial score (nSPS) is 19.8. The van der Waals surface area contributed by atoms with Crippen molar-refractivity contribution in [3.05, 3.63) is 16.4 Å². The Morgan fingerprint density at radius 3 is 2.56 bits per heavy atom. The highest BCUT2D eigenvalue weighted by atomic mass is 35.5. The van der Waals surface area contributed by atoms with Crippen LogP contribution in [-0.4, -0.2) is 38.5 Å². The van der Waals surface area contributed by atoms with Crippen LogP contribution in [0.2, 0.25) is 5.02 Å². The topological polar surface area (TPSA) is 41.3 Å². The van der Waals surface area contributed by atoms with E-state index in [-0.39, 0.29) is 0 Å². The van der Waals surface area contributed by atoms with Crippen LogP contribution in [-0.2, 0) is 20.0 Å². The van der Waals surface area contributed by atoms with Crippen LogP contribution in [0.3, 0.4) is 0 Å². The average molecular weight is 244 g/mol. The zero-order valence-corrected chi connectivity index (χ0v) is 10.8. The van der Waals surface area contributed by atoms with E-state index >= 15 is 0 Å². The summed E-state index contributed by atoms with van der Waals surface area (Å²) in [5.74, 6) is 0. The summed E-state index contributed by atoms with van der Waals surface area (Å²) in [5.41, 5.74) is 1.46. The zero-order valence-electron chi connectivity index (χ0n) is 10.00. The Hall–Kier alpha value is -0.580. The van der Waals surface area contributed by atoms with Gasteiger partial charge < -0.3 is 5.11 Å². The molecular formula is C11H18ClN3O. The summed E-state index contributed by atoms with van der Waals surface area (Å²) in [6, 6.07) is 0. The molecule has 0 aliphatic carbocycles. The van der Waals surface area contributed by atoms with Crippen LogP contribution in [0.5, 0.6) is 0 Å². The van der Waals surface area contributed by atoms with Gasteiger partial charge in [0.2, 0.25) is 0 Å². The van der Waals surface area contributed by atoms with E-state index in [4.69, 9.17) is 11.6 Å². The molecule has 16 heavy (non-hydrogen) atoms. The molecule has 4 nitrogen and oxygen atoms in total. The predicted octanol–water partition coefficient (Wildman–Crippen LogP) is 1.20. The molecule has 1 aliphatic heterocycles. The summed E-state index contributed by atoms with van der Waals surface area (Å²) in [6.07, 6.45) is 0.852. The van der Waals surface area contributed by atoms with E-state index in [1.165, 1.54) is 0 Å². The smallest absolute Gasteiger partial charge is 0.0872 e. The Balaban J connectivity index is 2.08. The molecule has 1 N–H and O–H groups in total. The van der Waals surface area contributed by atoms with Crippen LogP contribution in [0.1, 0.15) is 25.2 Å². The Bertz CT molecular complexity index is 392. The summed E-state index contributed by atoms with van der Waals surface area (Å²) in [6.45, 7) is 6.07. The Labute approximate surface area is 101 Å². The van der Waals surface area contributed by atoms with Crippen LogP contribution in [0, 0.1) is 0 Å². The molecule has 1 aromatic rings. The van der Waals surface area contributed by atoms with Gasteiger partial charge >= 0.3 is 0 Å². The van der Waals surface area contributed by atoms with Crippen molar-refractivity contribution in [2.24, 2.45) is 7.05 Å². The van der Waals surface area contributed by atoms with Gasteiger partial charge in [-0.05, 0) is 13.3 Å². The fraction of sp³-hybridized carbons (Fsp3) is 0.727. The molecule has 0 amide bonds. The van der Waals surface area contributed by atoms with E-state index in [0.29, 0.717) is 13.1 Å². The fourth-order valence-corrected chi connectivity index (χ4v) is 2.59. The standard InChI is InChI=1S/C11H18ClN3O/c1-4-8-10(12)9(14(3)13-8)5-15-6-11(2,16)7-15/h16H,4-7H2,1-3H3. The summed E-state index contributed by atoms with van der Waals surface area (Å²) in [7, 11) is 1.91. The first kappa shape index (κ1) is 11.9. The molecule has 0 radical (unpaired) electrons. The average Bonchev–Trinajstić information content (AvgIpc) is 2.42. The lowest BCUT2D eigenvalue weighted by Crippen LogP contribution is -2.59. The lowest BCUT2D eigenvalue weighted by Gasteiger charge is -2.44. The molecule has 0 atom stereocenters. The second kappa shape index (κ2) is 4.02. The van der Waals surface area contributed by atoms with Gasteiger partial charge in [-0.2, -0.15) is 5.10 Å². The van der Waals surface area contributed by atoms with Crippen molar-refractivity contribution < 1.29 is 5.11 Å². The van der Waals surface area contributed by atoms with Gasteiger partial charge in [0.05, 0.1) is 22.0 Å². The summed E-state index contributed by atoms with van der Waals surface area (Å²) in [5, 5.41) is 14.8. The van der Waals surface area contributed by atoms with E-state index in [2.05, 4.69) is 10.00 Å². The van der Waals surface area contributed by atoms with Crippen molar-refractivity contribution in [2.75, 3.05) is 13.1 Å². The quantitative estimate of drug-likeness (QED) is 0.868. The second-order valence-electron chi connectivity index (χ2n) is 4.83. The van der Waals surface area contributed by atoms with Crippen LogP contribution >= 0.6 is 11.6 Å². The first-order valence-electron chi connectivity index (χ1n) is 5.58. The summed E-state index contributed by atoms with van der Waals surface area (Å²) < 4.78 is 1.84. The van der Waals surface area contributed by atoms with Gasteiger partial charge in [-0.15, -0.1) is 0 Å². The lowest BCUT2D eigenvalue weighted by molar-refractivity contribution is -0.0879. The maximum absolute atomic E-state index is 9.65. The van der Waals surface area contributed by atoms with Gasteiger partial charge in [-0.1, -0.05) is 18.5 Å². The number of β-amino-alcohol motifs (C(OH)–C–C–N with tert-alkyl or cyclic N) is 1. The number of halogens is 1. The molecule has 5 heteroatoms. The van der Waals surface area contributed by atoms with Crippen molar-refractivity contribution >= 4 is 11.6 Å². The van der Waals surface area contributed by atoms with Crippen molar-refractivity contribution in [1.29, 1.82) is 0 Å². The Morgan fingerprint density at radius 1 is 1.50 bits per heavy atom. The number of aryl methyl sites for hydroxylation is 2. The van der Waals surface area contributed by atoms with Gasteiger partial charge in [-0.3, -0.25) is 9.58 Å². The highest BCUT2D eigenvalue weighted by Gasteiger charge is 2.37. The number of rotatable bonds is 3. The van der Waals surface area contributed by atoms with Crippen LogP contribution in [0.15, 0.2) is 0 Å². The molecule has 0 unspecified atom stereocenters. The molecular weight excluding hydrogens is 226 g/mol. The van der Waals surface area contributed by atoms with Crippen molar-refractivity contribution in [2.45, 2.75) is 32.4 Å². The van der Waals surface area contributed by atoms with Crippen LogP contribution in [0.4, 0.5) is 0 Å². The number of likely N-dealkylation sites (tertiary alicyclic amines) is 1. The summed E-state index contributed by atoms with van der Waals surface area (Å²) >= 11 is 6.25. The Kier molecular flexibility index (Phi) is 2.99. The lowest BCUT2D eigenvalue weighted by atomic mass is 9.97. The maximum atomic E-state index is 9.65. The number of hydrogen-bond donors (Lipinski definition) is 1. The minimum Gasteiger partial charge on any atom is -0.388 e. The predicted molar refractivity (Wildman–Crippen MR) is 63.5 cm³/mol. The minimum atomic E-state index is -0.529. The largest absolute Gasteiger partial charge is 0.388 e. The van der Waals surface area contributed by atoms with Crippen LogP contribution in [0.25, 0.3) is 0 Å².